The predicted octanol–water partition coefficient (Wildman–Crippen LogP) is 1.77. The van der Waals surface area contributed by atoms with E-state index in [1.807, 2.05) is 0 Å². The van der Waals surface area contributed by atoms with Gasteiger partial charge in [0.15, 0.2) is 5.60 Å². The molecule has 1 aromatic heterocycles. The minimum atomic E-state index is -1.75. The van der Waals surface area contributed by atoms with E-state index in [1.165, 1.54) is 25.3 Å². The van der Waals surface area contributed by atoms with Gasteiger partial charge in [-0.15, -0.1) is 0 Å². The van der Waals surface area contributed by atoms with E-state index in [1.54, 1.807) is 18.4 Å². The fraction of sp³-hybridized carbons (Fsp3) is 0.350. The van der Waals surface area contributed by atoms with Gasteiger partial charge >= 0.3 is 0 Å². The van der Waals surface area contributed by atoms with Crippen molar-refractivity contribution in [3.63, 3.8) is 0 Å². The van der Waals surface area contributed by atoms with E-state index in [4.69, 9.17) is 15.7 Å². The number of hydrogen-bond donors (Lipinski definition) is 3. The van der Waals surface area contributed by atoms with E-state index in [0.717, 1.165) is 0 Å². The third-order valence-corrected chi connectivity index (χ3v) is 4.52. The van der Waals surface area contributed by atoms with Crippen molar-refractivity contribution in [1.29, 1.82) is 0 Å². The van der Waals surface area contributed by atoms with Crippen LogP contribution in [-0.2, 0) is 6.54 Å². The molecule has 1 unspecified atom stereocenters. The molecule has 0 bridgehead atoms. The highest BCUT2D eigenvalue weighted by atomic mass is 19.1. The van der Waals surface area contributed by atoms with E-state index in [2.05, 4.69) is 22.0 Å². The van der Waals surface area contributed by atoms with Crippen molar-refractivity contribution in [1.82, 2.24) is 9.55 Å². The highest BCUT2D eigenvalue weighted by Crippen LogP contribution is 2.34. The zero-order chi connectivity index (χ0) is 21.3. The second-order valence-corrected chi connectivity index (χ2v) is 7.15. The van der Waals surface area contributed by atoms with Crippen molar-refractivity contribution < 1.29 is 24.2 Å². The number of carbonyl (C=O) groups is 1. The molecule has 0 spiro atoms. The monoisotopic (exact) mass is 400 g/mol. The van der Waals surface area contributed by atoms with Gasteiger partial charge in [0.2, 0.25) is 0 Å². The normalized spacial score (nSPS) is 15.3. The summed E-state index contributed by atoms with van der Waals surface area (Å²) in [5.41, 5.74) is 4.15. The molecule has 1 aromatic carbocycles. The lowest BCUT2D eigenvalue weighted by molar-refractivity contribution is 0.0996. The second kappa shape index (κ2) is 7.56. The Balaban J connectivity index is 2.09. The average Bonchev–Trinajstić information content (AvgIpc) is 2.98. The molecule has 8 nitrogen and oxygen atoms in total. The molecule has 0 saturated heterocycles. The van der Waals surface area contributed by atoms with Crippen LogP contribution in [0.2, 0.25) is 0 Å². The number of halogens is 1. The van der Waals surface area contributed by atoms with Crippen molar-refractivity contribution in [3.05, 3.63) is 35.4 Å². The van der Waals surface area contributed by atoms with E-state index in [-0.39, 0.29) is 35.2 Å². The van der Waals surface area contributed by atoms with Crippen LogP contribution in [0.1, 0.15) is 36.8 Å². The first-order valence-corrected chi connectivity index (χ1v) is 8.95. The van der Waals surface area contributed by atoms with Gasteiger partial charge in [-0.3, -0.25) is 4.79 Å². The smallest absolute Gasteiger partial charge is 0.268 e. The van der Waals surface area contributed by atoms with Crippen molar-refractivity contribution in [2.45, 2.75) is 32.9 Å². The highest BCUT2D eigenvalue weighted by Gasteiger charge is 2.29. The third-order valence-electron chi connectivity index (χ3n) is 4.52. The summed E-state index contributed by atoms with van der Waals surface area (Å²) in [5.74, 6) is 4.24. The highest BCUT2D eigenvalue weighted by molar-refractivity contribution is 5.96. The maximum absolute atomic E-state index is 14.6. The quantitative estimate of drug-likeness (QED) is 0.314. The lowest BCUT2D eigenvalue weighted by Gasteiger charge is -2.20. The number of rotatable bonds is 3. The minimum Gasteiger partial charge on any atom is -0.491 e. The molecular weight excluding hydrogens is 379 g/mol. The number of benzene rings is 1. The molecule has 0 aliphatic carbocycles. The molecule has 1 atom stereocenters. The standard InChI is InChI=1S/C20H21FN4O4/c1-11(2)17(24-28)20(3,27)5-4-12-8-13-16(9-14(12)21)29-7-6-25-10-15(18(22)26)23-19(13)25/h8-11,27-28H,6-7H2,1-3H3,(H2,22,26)/b24-17+. The molecule has 1 aliphatic heterocycles. The van der Waals surface area contributed by atoms with Gasteiger partial charge in [0.1, 0.15) is 35.4 Å². The molecule has 1 amide bonds. The Bertz CT molecular complexity index is 1060. The van der Waals surface area contributed by atoms with Crippen LogP contribution in [0.3, 0.4) is 0 Å². The fourth-order valence-electron chi connectivity index (χ4n) is 3.15. The van der Waals surface area contributed by atoms with Crippen molar-refractivity contribution in [3.8, 4) is 29.0 Å². The Hall–Kier alpha value is -3.38. The largest absolute Gasteiger partial charge is 0.491 e. The number of fused-ring (bicyclic) bond motifs is 3. The molecule has 4 N–H and O–H groups in total. The molecule has 0 saturated carbocycles. The summed E-state index contributed by atoms with van der Waals surface area (Å²) in [5, 5.41) is 22.8. The summed E-state index contributed by atoms with van der Waals surface area (Å²) >= 11 is 0. The fourth-order valence-corrected chi connectivity index (χ4v) is 3.15. The molecule has 2 heterocycles. The van der Waals surface area contributed by atoms with Crippen LogP contribution in [0.15, 0.2) is 23.5 Å². The summed E-state index contributed by atoms with van der Waals surface area (Å²) in [6, 6.07) is 2.62. The third kappa shape index (κ3) is 3.93. The van der Waals surface area contributed by atoms with Crippen LogP contribution in [-0.4, -0.2) is 43.7 Å². The summed E-state index contributed by atoms with van der Waals surface area (Å²) < 4.78 is 21.9. The Labute approximate surface area is 166 Å². The van der Waals surface area contributed by atoms with Gasteiger partial charge in [-0.2, -0.15) is 0 Å². The van der Waals surface area contributed by atoms with E-state index >= 15 is 0 Å². The summed E-state index contributed by atoms with van der Waals surface area (Å²) in [7, 11) is 0. The maximum atomic E-state index is 14.6. The number of ether oxygens (including phenoxy) is 1. The van der Waals surface area contributed by atoms with Gasteiger partial charge in [0, 0.05) is 12.3 Å². The number of oxime groups is 1. The van der Waals surface area contributed by atoms with Gasteiger partial charge < -0.3 is 25.4 Å². The molecular formula is C20H21FN4O4. The molecule has 9 heteroatoms. The van der Waals surface area contributed by atoms with Gasteiger partial charge in [-0.05, 0) is 18.9 Å². The van der Waals surface area contributed by atoms with Gasteiger partial charge in [0.25, 0.3) is 5.91 Å². The van der Waals surface area contributed by atoms with E-state index in [0.29, 0.717) is 17.9 Å². The molecule has 0 radical (unpaired) electrons. The number of aromatic nitrogens is 2. The topological polar surface area (TPSA) is 123 Å². The van der Waals surface area contributed by atoms with Crippen LogP contribution in [0.4, 0.5) is 4.39 Å². The molecule has 0 fully saturated rings. The first-order valence-electron chi connectivity index (χ1n) is 8.95. The van der Waals surface area contributed by atoms with Crippen molar-refractivity contribution in [2.24, 2.45) is 16.8 Å². The Morgan fingerprint density at radius 1 is 1.48 bits per heavy atom. The number of nitrogens with zero attached hydrogens (tertiary/aromatic N) is 3. The average molecular weight is 400 g/mol. The van der Waals surface area contributed by atoms with E-state index in [9.17, 15) is 14.3 Å². The second-order valence-electron chi connectivity index (χ2n) is 7.15. The van der Waals surface area contributed by atoms with Crippen molar-refractivity contribution >= 4 is 11.6 Å². The van der Waals surface area contributed by atoms with Crippen LogP contribution < -0.4 is 10.5 Å². The number of carbonyl (C=O) groups excluding carboxylic acids is 1. The maximum Gasteiger partial charge on any atom is 0.268 e. The summed E-state index contributed by atoms with van der Waals surface area (Å²) in [6.07, 6.45) is 1.52. The lowest BCUT2D eigenvalue weighted by Crippen LogP contribution is -2.37. The molecule has 3 rings (SSSR count). The molecule has 29 heavy (non-hydrogen) atoms. The zero-order valence-corrected chi connectivity index (χ0v) is 16.2. The minimum absolute atomic E-state index is 0.00857. The molecule has 1 aliphatic rings. The van der Waals surface area contributed by atoms with Gasteiger partial charge in [-0.1, -0.05) is 30.8 Å². The van der Waals surface area contributed by atoms with Gasteiger partial charge in [0.05, 0.1) is 17.7 Å². The van der Waals surface area contributed by atoms with Crippen molar-refractivity contribution in [2.75, 3.05) is 6.61 Å². The Kier molecular flexibility index (Phi) is 5.31. The first kappa shape index (κ1) is 20.4. The summed E-state index contributed by atoms with van der Waals surface area (Å²) in [6.45, 7) is 5.51. The van der Waals surface area contributed by atoms with Crippen LogP contribution in [0.25, 0.3) is 11.4 Å². The Morgan fingerprint density at radius 3 is 2.83 bits per heavy atom. The zero-order valence-electron chi connectivity index (χ0n) is 16.2. The summed E-state index contributed by atoms with van der Waals surface area (Å²) in [4.78, 5) is 15.7. The first-order chi connectivity index (χ1) is 13.6. The van der Waals surface area contributed by atoms with Crippen LogP contribution in [0.5, 0.6) is 5.75 Å². The number of imidazole rings is 1. The SMILES string of the molecule is CC(C)/C(=N\O)C(C)(O)C#Cc1cc2c(cc1F)OCCn1cc(C(N)=O)nc1-2. The number of aliphatic hydroxyl groups is 1. The number of amides is 1. The molecule has 152 valence electrons. The Morgan fingerprint density at radius 2 is 2.21 bits per heavy atom. The lowest BCUT2D eigenvalue weighted by atomic mass is 9.91. The number of primary amides is 1. The van der Waals surface area contributed by atoms with Gasteiger partial charge in [-0.25, -0.2) is 9.37 Å². The number of hydrogen-bond acceptors (Lipinski definition) is 6. The number of nitrogens with two attached hydrogens (primary N) is 1. The molecule has 2 aromatic rings. The predicted molar refractivity (Wildman–Crippen MR) is 103 cm³/mol. The van der Waals surface area contributed by atoms with E-state index < -0.39 is 17.3 Å². The van der Waals surface area contributed by atoms with Crippen LogP contribution >= 0.6 is 0 Å². The van der Waals surface area contributed by atoms with Crippen LogP contribution in [0, 0.1) is 23.6 Å².